The Balaban J connectivity index is 4.54. The summed E-state index contributed by atoms with van der Waals surface area (Å²) in [6.45, 7) is 8.91. The molecule has 0 rings (SSSR count). The summed E-state index contributed by atoms with van der Waals surface area (Å²) >= 11 is 0. The van der Waals surface area contributed by atoms with Gasteiger partial charge in [-0.25, -0.2) is 0 Å². The fourth-order valence-corrected chi connectivity index (χ4v) is 0.570. The summed E-state index contributed by atoms with van der Waals surface area (Å²) in [5.74, 6) is -0.722. The van der Waals surface area contributed by atoms with Gasteiger partial charge in [-0.2, -0.15) is 0 Å². The molecule has 0 unspecified atom stereocenters. The molecule has 0 heterocycles. The van der Waals surface area contributed by atoms with E-state index in [1.54, 1.807) is 6.92 Å². The summed E-state index contributed by atoms with van der Waals surface area (Å²) in [6, 6.07) is 0. The van der Waals surface area contributed by atoms with Gasteiger partial charge in [0.05, 0.1) is 5.41 Å². The van der Waals surface area contributed by atoms with Crippen molar-refractivity contribution in [3.8, 4) is 0 Å². The number of hydrogen-bond donors (Lipinski definition) is 1. The van der Waals surface area contributed by atoms with Gasteiger partial charge in [-0.1, -0.05) is 19.9 Å². The summed E-state index contributed by atoms with van der Waals surface area (Å²) in [4.78, 5) is 10.6. The van der Waals surface area contributed by atoms with Gasteiger partial charge in [0.15, 0.2) is 0 Å². The van der Waals surface area contributed by atoms with Crippen molar-refractivity contribution in [1.29, 1.82) is 0 Å². The maximum atomic E-state index is 10.6. The Hall–Kier alpha value is -0.790. The smallest absolute Gasteiger partial charge is 0.313 e. The highest BCUT2D eigenvalue weighted by atomic mass is 16.4. The minimum Gasteiger partial charge on any atom is -0.481 e. The lowest BCUT2D eigenvalue weighted by molar-refractivity contribution is -0.147. The first-order chi connectivity index (χ1) is 4.45. The van der Waals surface area contributed by atoms with E-state index in [4.69, 9.17) is 5.11 Å². The first-order valence-electron chi connectivity index (χ1n) is 3.32. The number of carboxylic acid groups (broad SMARTS) is 1. The maximum absolute atomic E-state index is 10.6. The van der Waals surface area contributed by atoms with Crippen LogP contribution in [0.1, 0.15) is 20.8 Å². The van der Waals surface area contributed by atoms with Crippen LogP contribution in [0.3, 0.4) is 0 Å². The number of carboxylic acids is 1. The largest absolute Gasteiger partial charge is 0.481 e. The zero-order chi connectivity index (χ0) is 8.36. The van der Waals surface area contributed by atoms with E-state index in [1.165, 1.54) is 6.08 Å². The molecule has 2 heteroatoms. The van der Waals surface area contributed by atoms with Gasteiger partial charge in [-0.3, -0.25) is 4.79 Å². The van der Waals surface area contributed by atoms with Crippen molar-refractivity contribution in [2.24, 2.45) is 11.3 Å². The van der Waals surface area contributed by atoms with Crippen molar-refractivity contribution < 1.29 is 9.90 Å². The summed E-state index contributed by atoms with van der Waals surface area (Å²) < 4.78 is 0. The number of hydrogen-bond acceptors (Lipinski definition) is 1. The minimum atomic E-state index is -0.808. The molecular weight excluding hydrogens is 128 g/mol. The Bertz CT molecular complexity index is 149. The second kappa shape index (κ2) is 2.86. The third-order valence-corrected chi connectivity index (χ3v) is 2.08. The van der Waals surface area contributed by atoms with Crippen LogP contribution in [0, 0.1) is 11.3 Å². The summed E-state index contributed by atoms with van der Waals surface area (Å²) in [5.41, 5.74) is -0.778. The van der Waals surface area contributed by atoms with Crippen LogP contribution in [0.4, 0.5) is 0 Å². The molecule has 0 aliphatic rings. The maximum Gasteiger partial charge on any atom is 0.313 e. The molecule has 0 aliphatic heterocycles. The molecular formula is C8H14O2. The molecule has 0 aromatic heterocycles. The molecule has 0 fully saturated rings. The van der Waals surface area contributed by atoms with E-state index in [9.17, 15) is 4.79 Å². The average molecular weight is 142 g/mol. The minimum absolute atomic E-state index is 0.0856. The second-order valence-corrected chi connectivity index (χ2v) is 2.95. The molecule has 0 aromatic carbocycles. The van der Waals surface area contributed by atoms with E-state index in [0.29, 0.717) is 0 Å². The predicted molar refractivity (Wildman–Crippen MR) is 40.8 cm³/mol. The molecule has 0 aliphatic carbocycles. The van der Waals surface area contributed by atoms with Crippen molar-refractivity contribution in [1.82, 2.24) is 0 Å². The molecule has 2 nitrogen and oxygen atoms in total. The van der Waals surface area contributed by atoms with Crippen LogP contribution in [-0.2, 0) is 4.79 Å². The zero-order valence-electron chi connectivity index (χ0n) is 6.72. The van der Waals surface area contributed by atoms with Gasteiger partial charge in [0, 0.05) is 0 Å². The van der Waals surface area contributed by atoms with Crippen LogP contribution >= 0.6 is 0 Å². The summed E-state index contributed by atoms with van der Waals surface area (Å²) in [6.07, 6.45) is 1.49. The lowest BCUT2D eigenvalue weighted by Gasteiger charge is -2.24. The van der Waals surface area contributed by atoms with Crippen molar-refractivity contribution in [2.45, 2.75) is 20.8 Å². The van der Waals surface area contributed by atoms with Gasteiger partial charge in [0.1, 0.15) is 0 Å². The quantitative estimate of drug-likeness (QED) is 0.611. The van der Waals surface area contributed by atoms with E-state index >= 15 is 0 Å². The van der Waals surface area contributed by atoms with Crippen LogP contribution in [-0.4, -0.2) is 11.1 Å². The Morgan fingerprint density at radius 2 is 2.10 bits per heavy atom. The second-order valence-electron chi connectivity index (χ2n) is 2.95. The van der Waals surface area contributed by atoms with Crippen LogP contribution in [0.2, 0.25) is 0 Å². The zero-order valence-corrected chi connectivity index (χ0v) is 6.72. The van der Waals surface area contributed by atoms with Crippen LogP contribution in [0.25, 0.3) is 0 Å². The van der Waals surface area contributed by atoms with Crippen molar-refractivity contribution in [3.05, 3.63) is 12.7 Å². The van der Waals surface area contributed by atoms with E-state index in [0.717, 1.165) is 0 Å². The van der Waals surface area contributed by atoms with E-state index in [1.807, 2.05) is 13.8 Å². The Labute approximate surface area is 61.6 Å². The highest BCUT2D eigenvalue weighted by Gasteiger charge is 2.32. The first-order valence-corrected chi connectivity index (χ1v) is 3.32. The number of rotatable bonds is 3. The third kappa shape index (κ3) is 1.38. The summed E-state index contributed by atoms with van der Waals surface area (Å²) in [7, 11) is 0. The molecule has 0 radical (unpaired) electrons. The molecule has 10 heavy (non-hydrogen) atoms. The lowest BCUT2D eigenvalue weighted by atomic mass is 9.79. The van der Waals surface area contributed by atoms with Gasteiger partial charge in [0.2, 0.25) is 0 Å². The van der Waals surface area contributed by atoms with Crippen molar-refractivity contribution in [3.63, 3.8) is 0 Å². The molecule has 0 bridgehead atoms. The van der Waals surface area contributed by atoms with Gasteiger partial charge in [-0.05, 0) is 12.8 Å². The van der Waals surface area contributed by atoms with Crippen LogP contribution in [0.5, 0.6) is 0 Å². The fraction of sp³-hybridized carbons (Fsp3) is 0.625. The first kappa shape index (κ1) is 9.21. The standard InChI is InChI=1S/C8H14O2/c1-5-8(4,6(2)3)7(9)10/h5-6H,1H2,2-4H3,(H,9,10)/t8-/m1/s1. The molecule has 0 amide bonds. The normalized spacial score (nSPS) is 16.4. The third-order valence-electron chi connectivity index (χ3n) is 2.08. The molecule has 1 atom stereocenters. The van der Waals surface area contributed by atoms with Crippen LogP contribution in [0.15, 0.2) is 12.7 Å². The number of aliphatic carboxylic acids is 1. The molecule has 58 valence electrons. The van der Waals surface area contributed by atoms with Crippen LogP contribution < -0.4 is 0 Å². The average Bonchev–Trinajstić information content (AvgIpc) is 1.85. The predicted octanol–water partition coefficient (Wildman–Crippen LogP) is 1.92. The molecule has 0 saturated carbocycles. The Morgan fingerprint density at radius 1 is 1.70 bits per heavy atom. The van der Waals surface area contributed by atoms with Crippen molar-refractivity contribution >= 4 is 5.97 Å². The molecule has 0 aromatic rings. The fourth-order valence-electron chi connectivity index (χ4n) is 0.570. The van der Waals surface area contributed by atoms with E-state index < -0.39 is 11.4 Å². The Kier molecular flexibility index (Phi) is 2.64. The lowest BCUT2D eigenvalue weighted by Crippen LogP contribution is -2.30. The Morgan fingerprint density at radius 3 is 2.10 bits per heavy atom. The van der Waals surface area contributed by atoms with Gasteiger partial charge < -0.3 is 5.11 Å². The van der Waals surface area contributed by atoms with E-state index in [2.05, 4.69) is 6.58 Å². The highest BCUT2D eigenvalue weighted by Crippen LogP contribution is 2.27. The monoisotopic (exact) mass is 142 g/mol. The van der Waals surface area contributed by atoms with Gasteiger partial charge in [-0.15, -0.1) is 6.58 Å². The molecule has 0 saturated heterocycles. The number of carbonyl (C=O) groups is 1. The van der Waals surface area contributed by atoms with Gasteiger partial charge >= 0.3 is 5.97 Å². The summed E-state index contributed by atoms with van der Waals surface area (Å²) in [5, 5.41) is 8.73. The molecule has 0 spiro atoms. The topological polar surface area (TPSA) is 37.3 Å². The SMILES string of the molecule is C=C[C@@](C)(C(=O)O)C(C)C. The van der Waals surface area contributed by atoms with Crippen molar-refractivity contribution in [2.75, 3.05) is 0 Å². The molecule has 1 N–H and O–H groups in total. The van der Waals surface area contributed by atoms with Gasteiger partial charge in [0.25, 0.3) is 0 Å². The highest BCUT2D eigenvalue weighted by molar-refractivity contribution is 5.76. The van der Waals surface area contributed by atoms with E-state index in [-0.39, 0.29) is 5.92 Å².